The van der Waals surface area contributed by atoms with Gasteiger partial charge in [-0.05, 0) is 12.1 Å². The second kappa shape index (κ2) is 11.8. The number of rotatable bonds is 6. The molecule has 0 unspecified atom stereocenters. The maximum atomic E-state index is 6.81. The van der Waals surface area contributed by atoms with E-state index in [9.17, 15) is 0 Å². The van der Waals surface area contributed by atoms with Crippen LogP contribution in [0.3, 0.4) is 0 Å². The SMILES string of the molecule is Clc1nc(-c2cccc(-c3nc(-c4ccccc4)cc(-c4ccccc4)n3)c2)c(-c2ccccc2)nc1-c1ccccc1. The standard InChI is InChI=1S/C38H25ClN4/c39-37-36(29-20-11-4-12-21-29)42-34(28-18-9-3-10-19-28)35(43-37)30-22-13-23-31(24-30)38-40-32(26-14-5-1-6-15-26)25-33(41-38)27-16-7-2-8-17-27/h1-25H. The lowest BCUT2D eigenvalue weighted by molar-refractivity contribution is 1.18. The molecule has 5 heteroatoms. The summed E-state index contributed by atoms with van der Waals surface area (Å²) in [5.74, 6) is 0.628. The average molecular weight is 573 g/mol. The first-order chi connectivity index (χ1) is 21.2. The molecule has 0 radical (unpaired) electrons. The fraction of sp³-hybridized carbons (Fsp3) is 0. The maximum absolute atomic E-state index is 6.81. The van der Waals surface area contributed by atoms with Crippen LogP contribution in [0.2, 0.25) is 5.15 Å². The molecule has 7 aromatic rings. The molecule has 0 aliphatic heterocycles. The first kappa shape index (κ1) is 26.4. The van der Waals surface area contributed by atoms with Crippen LogP contribution >= 0.6 is 11.6 Å². The van der Waals surface area contributed by atoms with Crippen LogP contribution in [0.5, 0.6) is 0 Å². The van der Waals surface area contributed by atoms with Crippen LogP contribution in [-0.4, -0.2) is 19.9 Å². The third kappa shape index (κ3) is 5.56. The van der Waals surface area contributed by atoms with Crippen molar-refractivity contribution < 1.29 is 0 Å². The normalized spacial score (nSPS) is 10.9. The number of halogens is 1. The smallest absolute Gasteiger partial charge is 0.160 e. The van der Waals surface area contributed by atoms with Crippen molar-refractivity contribution >= 4 is 11.6 Å². The topological polar surface area (TPSA) is 51.6 Å². The number of hydrogen-bond acceptors (Lipinski definition) is 4. The highest BCUT2D eigenvalue weighted by Gasteiger charge is 2.18. The van der Waals surface area contributed by atoms with Gasteiger partial charge in [0, 0.05) is 33.4 Å². The van der Waals surface area contributed by atoms with E-state index in [0.29, 0.717) is 22.4 Å². The fourth-order valence-corrected chi connectivity index (χ4v) is 5.32. The minimum atomic E-state index is 0.347. The molecule has 0 saturated carbocycles. The maximum Gasteiger partial charge on any atom is 0.160 e. The first-order valence-corrected chi connectivity index (χ1v) is 14.4. The molecule has 204 valence electrons. The van der Waals surface area contributed by atoms with Gasteiger partial charge in [0.1, 0.15) is 5.69 Å². The van der Waals surface area contributed by atoms with E-state index in [4.69, 9.17) is 31.5 Å². The van der Waals surface area contributed by atoms with Gasteiger partial charge in [0.15, 0.2) is 11.0 Å². The van der Waals surface area contributed by atoms with Crippen LogP contribution in [0.1, 0.15) is 0 Å². The van der Waals surface area contributed by atoms with E-state index in [0.717, 1.165) is 50.5 Å². The summed E-state index contributed by atoms with van der Waals surface area (Å²) in [5.41, 5.74) is 9.48. The lowest BCUT2D eigenvalue weighted by Crippen LogP contribution is -1.99. The molecule has 0 amide bonds. The van der Waals surface area contributed by atoms with Crippen LogP contribution in [-0.2, 0) is 0 Å². The highest BCUT2D eigenvalue weighted by atomic mass is 35.5. The Kier molecular flexibility index (Phi) is 7.26. The lowest BCUT2D eigenvalue weighted by atomic mass is 10.0. The van der Waals surface area contributed by atoms with Gasteiger partial charge in [-0.25, -0.2) is 19.9 Å². The van der Waals surface area contributed by atoms with Gasteiger partial charge in [-0.3, -0.25) is 0 Å². The minimum Gasteiger partial charge on any atom is -0.242 e. The summed E-state index contributed by atoms with van der Waals surface area (Å²) >= 11 is 6.81. The molecule has 5 aromatic carbocycles. The van der Waals surface area contributed by atoms with Crippen LogP contribution in [0.4, 0.5) is 0 Å². The van der Waals surface area contributed by atoms with Crippen molar-refractivity contribution in [3.8, 4) is 67.7 Å². The molecule has 0 N–H and O–H groups in total. The molecule has 43 heavy (non-hydrogen) atoms. The van der Waals surface area contributed by atoms with E-state index in [1.807, 2.05) is 121 Å². The van der Waals surface area contributed by atoms with Crippen molar-refractivity contribution in [2.45, 2.75) is 0 Å². The van der Waals surface area contributed by atoms with Crippen molar-refractivity contribution in [3.05, 3.63) is 157 Å². The van der Waals surface area contributed by atoms with Crippen molar-refractivity contribution in [2.24, 2.45) is 0 Å². The Morgan fingerprint density at radius 3 is 1.28 bits per heavy atom. The molecule has 0 spiro atoms. The predicted octanol–water partition coefficient (Wildman–Crippen LogP) is 9.92. The molecule has 7 rings (SSSR count). The molecule has 2 heterocycles. The Morgan fingerprint density at radius 1 is 0.326 bits per heavy atom. The van der Waals surface area contributed by atoms with Gasteiger partial charge in [0.2, 0.25) is 0 Å². The van der Waals surface area contributed by atoms with Crippen LogP contribution < -0.4 is 0 Å². The van der Waals surface area contributed by atoms with Crippen molar-refractivity contribution in [1.82, 2.24) is 19.9 Å². The summed E-state index contributed by atoms with van der Waals surface area (Å²) in [6.07, 6.45) is 0. The van der Waals surface area contributed by atoms with Crippen LogP contribution in [0.15, 0.2) is 152 Å². The lowest BCUT2D eigenvalue weighted by Gasteiger charge is -2.14. The quantitative estimate of drug-likeness (QED) is 0.199. The second-order valence-electron chi connectivity index (χ2n) is 10.1. The first-order valence-electron chi connectivity index (χ1n) is 14.0. The molecular weight excluding hydrogens is 548 g/mol. The zero-order valence-electron chi connectivity index (χ0n) is 23.1. The van der Waals surface area contributed by atoms with E-state index in [1.54, 1.807) is 0 Å². The molecule has 0 atom stereocenters. The molecule has 0 aliphatic rings. The van der Waals surface area contributed by atoms with Gasteiger partial charge in [-0.15, -0.1) is 0 Å². The van der Waals surface area contributed by atoms with Crippen molar-refractivity contribution in [3.63, 3.8) is 0 Å². The number of nitrogens with zero attached hydrogens (tertiary/aromatic N) is 4. The van der Waals surface area contributed by atoms with E-state index in [-0.39, 0.29) is 0 Å². The van der Waals surface area contributed by atoms with Gasteiger partial charge in [-0.2, -0.15) is 0 Å². The summed E-state index contributed by atoms with van der Waals surface area (Å²) in [6.45, 7) is 0. The van der Waals surface area contributed by atoms with Gasteiger partial charge >= 0.3 is 0 Å². The second-order valence-corrected chi connectivity index (χ2v) is 10.4. The summed E-state index contributed by atoms with van der Waals surface area (Å²) in [5, 5.41) is 0.347. The predicted molar refractivity (Wildman–Crippen MR) is 175 cm³/mol. The van der Waals surface area contributed by atoms with E-state index in [2.05, 4.69) is 30.3 Å². The third-order valence-corrected chi connectivity index (χ3v) is 7.47. The Morgan fingerprint density at radius 2 is 0.744 bits per heavy atom. The summed E-state index contributed by atoms with van der Waals surface area (Å²) in [4.78, 5) is 20.0. The summed E-state index contributed by atoms with van der Waals surface area (Å²) < 4.78 is 0. The molecule has 4 nitrogen and oxygen atoms in total. The number of hydrogen-bond donors (Lipinski definition) is 0. The Bertz CT molecular complexity index is 1960. The minimum absolute atomic E-state index is 0.347. The monoisotopic (exact) mass is 572 g/mol. The molecule has 0 bridgehead atoms. The Labute approximate surface area is 255 Å². The molecule has 2 aromatic heterocycles. The van der Waals surface area contributed by atoms with E-state index >= 15 is 0 Å². The number of aromatic nitrogens is 4. The summed E-state index contributed by atoms with van der Waals surface area (Å²) in [6, 6.07) is 50.5. The van der Waals surface area contributed by atoms with E-state index < -0.39 is 0 Å². The highest BCUT2D eigenvalue weighted by Crippen LogP contribution is 2.36. The van der Waals surface area contributed by atoms with E-state index in [1.165, 1.54) is 0 Å². The molecule has 0 aliphatic carbocycles. The van der Waals surface area contributed by atoms with Gasteiger partial charge < -0.3 is 0 Å². The zero-order valence-corrected chi connectivity index (χ0v) is 23.9. The van der Waals surface area contributed by atoms with Gasteiger partial charge in [0.25, 0.3) is 0 Å². The largest absolute Gasteiger partial charge is 0.242 e. The zero-order chi connectivity index (χ0) is 29.0. The van der Waals surface area contributed by atoms with Crippen LogP contribution in [0.25, 0.3) is 67.7 Å². The Hall–Kier alpha value is -5.45. The third-order valence-electron chi connectivity index (χ3n) is 7.21. The fourth-order valence-electron chi connectivity index (χ4n) is 5.09. The molecule has 0 saturated heterocycles. The average Bonchev–Trinajstić information content (AvgIpc) is 3.09. The van der Waals surface area contributed by atoms with Gasteiger partial charge in [0.05, 0.1) is 22.8 Å². The van der Waals surface area contributed by atoms with Crippen LogP contribution in [0, 0.1) is 0 Å². The molecular formula is C38H25ClN4. The van der Waals surface area contributed by atoms with Crippen molar-refractivity contribution in [2.75, 3.05) is 0 Å². The Balaban J connectivity index is 1.39. The van der Waals surface area contributed by atoms with Crippen molar-refractivity contribution in [1.29, 1.82) is 0 Å². The van der Waals surface area contributed by atoms with Gasteiger partial charge in [-0.1, -0.05) is 151 Å². The summed E-state index contributed by atoms with van der Waals surface area (Å²) in [7, 11) is 0. The number of benzene rings is 5. The highest BCUT2D eigenvalue weighted by molar-refractivity contribution is 6.32. The molecule has 0 fully saturated rings.